The smallest absolute Gasteiger partial charge is 0.163 e. The first-order valence-electron chi connectivity index (χ1n) is 8.12. The summed E-state index contributed by atoms with van der Waals surface area (Å²) in [5.41, 5.74) is 2.45. The van der Waals surface area contributed by atoms with Crippen LogP contribution in [0.15, 0.2) is 18.2 Å². The third-order valence-corrected chi connectivity index (χ3v) is 5.59. The van der Waals surface area contributed by atoms with Gasteiger partial charge in [0.25, 0.3) is 0 Å². The van der Waals surface area contributed by atoms with Crippen LogP contribution in [0.5, 0.6) is 11.5 Å². The van der Waals surface area contributed by atoms with Crippen molar-refractivity contribution in [3.05, 3.63) is 34.5 Å². The number of rotatable bonds is 5. The van der Waals surface area contributed by atoms with Gasteiger partial charge in [0.15, 0.2) is 11.5 Å². The second kappa shape index (κ2) is 7.21. The van der Waals surface area contributed by atoms with Crippen LogP contribution in [0.2, 0.25) is 0 Å². The summed E-state index contributed by atoms with van der Waals surface area (Å²) < 4.78 is 10.9. The van der Waals surface area contributed by atoms with Crippen molar-refractivity contribution in [3.8, 4) is 11.5 Å². The minimum absolute atomic E-state index is 0.791. The van der Waals surface area contributed by atoms with E-state index in [-0.39, 0.29) is 0 Å². The lowest BCUT2D eigenvalue weighted by atomic mass is 10.1. The lowest BCUT2D eigenvalue weighted by Gasteiger charge is -2.14. The number of hydrogen-bond donors (Lipinski definition) is 0. The average molecular weight is 332 g/mol. The monoisotopic (exact) mass is 332 g/mol. The number of benzene rings is 1. The van der Waals surface area contributed by atoms with Gasteiger partial charge in [-0.05, 0) is 37.3 Å². The first-order chi connectivity index (χ1) is 11.2. The molecule has 124 valence electrons. The molecule has 0 radical (unpaired) electrons. The SMILES string of the molecule is COc1cccc(CCc2nc3c(s2)N(C)CCCC3)c1OC. The van der Waals surface area contributed by atoms with Crippen molar-refractivity contribution < 1.29 is 9.47 Å². The standard InChI is InChI=1S/C18H24N2O2S/c1-20-12-5-4-8-14-18(20)23-16(19-14)11-10-13-7-6-9-15(21-2)17(13)22-3/h6-7,9H,4-5,8,10-12H2,1-3H3. The molecule has 23 heavy (non-hydrogen) atoms. The van der Waals surface area contributed by atoms with Crippen molar-refractivity contribution in [2.45, 2.75) is 32.1 Å². The van der Waals surface area contributed by atoms with Crippen LogP contribution in [-0.4, -0.2) is 32.8 Å². The summed E-state index contributed by atoms with van der Waals surface area (Å²) in [7, 11) is 5.55. The summed E-state index contributed by atoms with van der Waals surface area (Å²) in [4.78, 5) is 7.24. The molecule has 4 nitrogen and oxygen atoms in total. The number of anilines is 1. The Morgan fingerprint density at radius 1 is 1.17 bits per heavy atom. The molecule has 0 saturated carbocycles. The Bertz CT molecular complexity index is 669. The zero-order valence-corrected chi connectivity index (χ0v) is 14.9. The lowest BCUT2D eigenvalue weighted by molar-refractivity contribution is 0.351. The van der Waals surface area contributed by atoms with E-state index in [0.29, 0.717) is 0 Å². The van der Waals surface area contributed by atoms with Crippen molar-refractivity contribution in [2.75, 3.05) is 32.7 Å². The highest BCUT2D eigenvalue weighted by molar-refractivity contribution is 7.15. The van der Waals surface area contributed by atoms with Crippen LogP contribution >= 0.6 is 11.3 Å². The van der Waals surface area contributed by atoms with Gasteiger partial charge in [-0.1, -0.05) is 12.1 Å². The second-order valence-electron chi connectivity index (χ2n) is 5.89. The zero-order valence-electron chi connectivity index (χ0n) is 14.1. The van der Waals surface area contributed by atoms with E-state index in [1.807, 2.05) is 23.5 Å². The Morgan fingerprint density at radius 3 is 2.83 bits per heavy atom. The molecule has 0 spiro atoms. The fraction of sp³-hybridized carbons (Fsp3) is 0.500. The number of nitrogens with zero attached hydrogens (tertiary/aromatic N) is 2. The first kappa shape index (κ1) is 16.1. The number of ether oxygens (including phenoxy) is 2. The highest BCUT2D eigenvalue weighted by Crippen LogP contribution is 2.34. The maximum Gasteiger partial charge on any atom is 0.163 e. The van der Waals surface area contributed by atoms with Crippen LogP contribution in [0.3, 0.4) is 0 Å². The Labute approximate surface area is 142 Å². The summed E-state index contributed by atoms with van der Waals surface area (Å²) in [6, 6.07) is 6.05. The van der Waals surface area contributed by atoms with Gasteiger partial charge in [0, 0.05) is 20.0 Å². The van der Waals surface area contributed by atoms with E-state index in [4.69, 9.17) is 14.5 Å². The molecule has 2 heterocycles. The third-order valence-electron chi connectivity index (χ3n) is 4.32. The molecule has 2 aromatic rings. The molecule has 0 N–H and O–H groups in total. The summed E-state index contributed by atoms with van der Waals surface area (Å²) in [6.45, 7) is 1.14. The molecular weight excluding hydrogens is 308 g/mol. The molecule has 0 aliphatic carbocycles. The van der Waals surface area contributed by atoms with E-state index >= 15 is 0 Å². The van der Waals surface area contributed by atoms with Crippen molar-refractivity contribution in [1.82, 2.24) is 4.98 Å². The van der Waals surface area contributed by atoms with E-state index in [9.17, 15) is 0 Å². The second-order valence-corrected chi connectivity index (χ2v) is 6.95. The molecule has 0 amide bonds. The maximum atomic E-state index is 5.52. The predicted molar refractivity (Wildman–Crippen MR) is 95.3 cm³/mol. The molecule has 1 aliphatic heterocycles. The van der Waals surface area contributed by atoms with Crippen molar-refractivity contribution in [2.24, 2.45) is 0 Å². The summed E-state index contributed by atoms with van der Waals surface area (Å²) in [5.74, 6) is 1.63. The van der Waals surface area contributed by atoms with E-state index in [0.717, 1.165) is 37.3 Å². The number of fused-ring (bicyclic) bond motifs is 1. The van der Waals surface area contributed by atoms with Crippen LogP contribution in [0, 0.1) is 0 Å². The molecule has 0 bridgehead atoms. The number of para-hydroxylation sites is 1. The van der Waals surface area contributed by atoms with Gasteiger partial charge < -0.3 is 14.4 Å². The van der Waals surface area contributed by atoms with Gasteiger partial charge in [-0.15, -0.1) is 11.3 Å². The Balaban J connectivity index is 1.76. The average Bonchev–Trinajstić information content (AvgIpc) is 2.91. The van der Waals surface area contributed by atoms with Crippen molar-refractivity contribution in [3.63, 3.8) is 0 Å². The van der Waals surface area contributed by atoms with E-state index in [2.05, 4.69) is 18.0 Å². The van der Waals surface area contributed by atoms with E-state index < -0.39 is 0 Å². The number of aryl methyl sites for hydroxylation is 3. The van der Waals surface area contributed by atoms with Crippen LogP contribution in [-0.2, 0) is 19.3 Å². The lowest BCUT2D eigenvalue weighted by Crippen LogP contribution is -2.16. The number of aromatic nitrogens is 1. The minimum Gasteiger partial charge on any atom is -0.493 e. The van der Waals surface area contributed by atoms with Gasteiger partial charge in [0.05, 0.1) is 24.9 Å². The molecule has 1 aliphatic rings. The van der Waals surface area contributed by atoms with Crippen LogP contribution in [0.1, 0.15) is 29.1 Å². The first-order valence-corrected chi connectivity index (χ1v) is 8.94. The zero-order chi connectivity index (χ0) is 16.2. The summed E-state index contributed by atoms with van der Waals surface area (Å²) in [6.07, 6.45) is 5.46. The quantitative estimate of drug-likeness (QED) is 0.836. The molecule has 0 saturated heterocycles. The van der Waals surface area contributed by atoms with Crippen LogP contribution < -0.4 is 14.4 Å². The number of hydrogen-bond acceptors (Lipinski definition) is 5. The van der Waals surface area contributed by atoms with Crippen LogP contribution in [0.25, 0.3) is 0 Å². The molecule has 0 atom stereocenters. The van der Waals surface area contributed by atoms with Crippen LogP contribution in [0.4, 0.5) is 5.00 Å². The molecule has 1 aromatic carbocycles. The summed E-state index contributed by atoms with van der Waals surface area (Å²) >= 11 is 1.84. The van der Waals surface area contributed by atoms with E-state index in [1.165, 1.54) is 34.1 Å². The molecule has 5 heteroatoms. The number of methoxy groups -OCH3 is 2. The largest absolute Gasteiger partial charge is 0.493 e. The molecule has 1 aromatic heterocycles. The molecule has 0 fully saturated rings. The fourth-order valence-electron chi connectivity index (χ4n) is 3.09. The van der Waals surface area contributed by atoms with Gasteiger partial charge in [-0.3, -0.25) is 0 Å². The van der Waals surface area contributed by atoms with E-state index in [1.54, 1.807) is 14.2 Å². The molecule has 3 rings (SSSR count). The van der Waals surface area contributed by atoms with Crippen molar-refractivity contribution >= 4 is 16.3 Å². The molecule has 0 unspecified atom stereocenters. The Kier molecular flexibility index (Phi) is 5.06. The third kappa shape index (κ3) is 3.44. The van der Waals surface area contributed by atoms with Gasteiger partial charge in [-0.2, -0.15) is 0 Å². The minimum atomic E-state index is 0.791. The van der Waals surface area contributed by atoms with Gasteiger partial charge in [-0.25, -0.2) is 4.98 Å². The Morgan fingerprint density at radius 2 is 2.04 bits per heavy atom. The Hall–Kier alpha value is -1.75. The topological polar surface area (TPSA) is 34.6 Å². The predicted octanol–water partition coefficient (Wildman–Crippen LogP) is 3.72. The number of thiazole rings is 1. The normalized spacial score (nSPS) is 14.3. The van der Waals surface area contributed by atoms with Gasteiger partial charge in [0.2, 0.25) is 0 Å². The highest BCUT2D eigenvalue weighted by atomic mass is 32.1. The van der Waals surface area contributed by atoms with Gasteiger partial charge in [0.1, 0.15) is 5.00 Å². The summed E-state index contributed by atoms with van der Waals surface area (Å²) in [5, 5.41) is 2.57. The molecular formula is C18H24N2O2S. The van der Waals surface area contributed by atoms with Crippen molar-refractivity contribution in [1.29, 1.82) is 0 Å². The van der Waals surface area contributed by atoms with Gasteiger partial charge >= 0.3 is 0 Å². The fourth-order valence-corrected chi connectivity index (χ4v) is 4.19. The maximum absolute atomic E-state index is 5.52. The highest BCUT2D eigenvalue weighted by Gasteiger charge is 2.18.